The highest BCUT2D eigenvalue weighted by molar-refractivity contribution is 6.04. The number of para-hydroxylation sites is 1. The second kappa shape index (κ2) is 8.02. The van der Waals surface area contributed by atoms with Crippen LogP contribution in [0.1, 0.15) is 15.9 Å². The summed E-state index contributed by atoms with van der Waals surface area (Å²) in [6.45, 7) is 2.05. The predicted octanol–water partition coefficient (Wildman–Crippen LogP) is 5.11. The van der Waals surface area contributed by atoms with Crippen LogP contribution in [0.5, 0.6) is 5.75 Å². The molecule has 4 aromatic rings. The van der Waals surface area contributed by atoms with Crippen molar-refractivity contribution in [2.24, 2.45) is 0 Å². The van der Waals surface area contributed by atoms with E-state index in [0.29, 0.717) is 17.1 Å². The van der Waals surface area contributed by atoms with Gasteiger partial charge in [0.2, 0.25) is 0 Å². The van der Waals surface area contributed by atoms with Gasteiger partial charge in [-0.05, 0) is 49.4 Å². The van der Waals surface area contributed by atoms with E-state index in [0.717, 1.165) is 22.5 Å². The molecule has 0 aliphatic heterocycles. The average molecular weight is 383 g/mol. The number of aryl methyl sites for hydroxylation is 1. The molecule has 4 rings (SSSR count). The zero-order valence-electron chi connectivity index (χ0n) is 16.3. The maximum absolute atomic E-state index is 12.8. The van der Waals surface area contributed by atoms with Gasteiger partial charge in [0.15, 0.2) is 0 Å². The van der Waals surface area contributed by atoms with E-state index < -0.39 is 0 Å². The molecule has 144 valence electrons. The van der Waals surface area contributed by atoms with Crippen molar-refractivity contribution in [3.05, 3.63) is 96.1 Å². The van der Waals surface area contributed by atoms with Crippen LogP contribution in [0.25, 0.3) is 16.9 Å². The van der Waals surface area contributed by atoms with Crippen molar-refractivity contribution < 1.29 is 9.53 Å². The molecule has 1 amide bonds. The first-order valence-electron chi connectivity index (χ1n) is 9.32. The Morgan fingerprint density at radius 1 is 0.931 bits per heavy atom. The molecule has 5 nitrogen and oxygen atoms in total. The number of aromatic nitrogens is 2. The van der Waals surface area contributed by atoms with E-state index in [-0.39, 0.29) is 5.91 Å². The fourth-order valence-electron chi connectivity index (χ4n) is 3.11. The molecule has 1 heterocycles. The maximum Gasteiger partial charge on any atom is 0.256 e. The van der Waals surface area contributed by atoms with Crippen LogP contribution < -0.4 is 10.1 Å². The van der Waals surface area contributed by atoms with E-state index in [1.807, 2.05) is 61.5 Å². The minimum absolute atomic E-state index is 0.208. The molecule has 0 bridgehead atoms. The molecular weight excluding hydrogens is 362 g/mol. The third-order valence-electron chi connectivity index (χ3n) is 4.62. The Balaban J connectivity index is 1.71. The molecule has 0 saturated heterocycles. The number of nitrogens with zero attached hydrogens (tertiary/aromatic N) is 2. The highest BCUT2D eigenvalue weighted by Crippen LogP contribution is 2.26. The van der Waals surface area contributed by atoms with E-state index in [9.17, 15) is 4.79 Å². The highest BCUT2D eigenvalue weighted by Gasteiger charge is 2.15. The lowest BCUT2D eigenvalue weighted by atomic mass is 10.1. The summed E-state index contributed by atoms with van der Waals surface area (Å²) in [5.41, 5.74) is 4.36. The van der Waals surface area contributed by atoms with Gasteiger partial charge >= 0.3 is 0 Å². The lowest BCUT2D eigenvalue weighted by Crippen LogP contribution is -2.15. The second-order valence-corrected chi connectivity index (χ2v) is 6.71. The minimum Gasteiger partial charge on any atom is -0.497 e. The summed E-state index contributed by atoms with van der Waals surface area (Å²) >= 11 is 0. The van der Waals surface area contributed by atoms with Gasteiger partial charge in [-0.25, -0.2) is 4.68 Å². The molecule has 0 fully saturated rings. The Bertz CT molecular complexity index is 1130. The Kier molecular flexibility index (Phi) is 5.12. The van der Waals surface area contributed by atoms with Gasteiger partial charge in [0, 0.05) is 17.2 Å². The second-order valence-electron chi connectivity index (χ2n) is 6.71. The number of carbonyl (C=O) groups excluding carboxylic acids is 1. The van der Waals surface area contributed by atoms with Crippen LogP contribution in [0.3, 0.4) is 0 Å². The van der Waals surface area contributed by atoms with Crippen LogP contribution in [0.2, 0.25) is 0 Å². The maximum atomic E-state index is 12.8. The van der Waals surface area contributed by atoms with Gasteiger partial charge in [-0.3, -0.25) is 4.79 Å². The van der Waals surface area contributed by atoms with Gasteiger partial charge in [0.05, 0.1) is 18.5 Å². The molecule has 5 heteroatoms. The van der Waals surface area contributed by atoms with E-state index in [4.69, 9.17) is 9.84 Å². The van der Waals surface area contributed by atoms with Gasteiger partial charge in [-0.2, -0.15) is 5.10 Å². The molecule has 1 aromatic heterocycles. The summed E-state index contributed by atoms with van der Waals surface area (Å²) in [6, 6.07) is 26.8. The number of benzene rings is 3. The number of hydrogen-bond donors (Lipinski definition) is 1. The lowest BCUT2D eigenvalue weighted by Gasteiger charge is -2.09. The van der Waals surface area contributed by atoms with Crippen molar-refractivity contribution in [1.82, 2.24) is 9.78 Å². The van der Waals surface area contributed by atoms with Crippen LogP contribution >= 0.6 is 0 Å². The summed E-state index contributed by atoms with van der Waals surface area (Å²) in [4.78, 5) is 12.8. The molecule has 0 atom stereocenters. The highest BCUT2D eigenvalue weighted by atomic mass is 16.5. The van der Waals surface area contributed by atoms with Gasteiger partial charge in [0.1, 0.15) is 11.6 Å². The first-order valence-corrected chi connectivity index (χ1v) is 9.32. The summed E-state index contributed by atoms with van der Waals surface area (Å²) in [5.74, 6) is 1.10. The molecule has 0 unspecified atom stereocenters. The molecule has 0 aliphatic carbocycles. The number of hydrogen-bond acceptors (Lipinski definition) is 3. The molecule has 0 spiro atoms. The molecule has 3 aromatic carbocycles. The minimum atomic E-state index is -0.208. The third kappa shape index (κ3) is 4.04. The molecular formula is C24H21N3O2. The molecule has 0 radical (unpaired) electrons. The molecule has 0 aliphatic rings. The summed E-state index contributed by atoms with van der Waals surface area (Å²) in [6.07, 6.45) is 0. The molecule has 1 N–H and O–H groups in total. The van der Waals surface area contributed by atoms with Crippen molar-refractivity contribution in [1.29, 1.82) is 0 Å². The number of ether oxygens (including phenoxy) is 1. The Morgan fingerprint density at radius 3 is 2.38 bits per heavy atom. The quantitative estimate of drug-likeness (QED) is 0.521. The van der Waals surface area contributed by atoms with Crippen molar-refractivity contribution in [2.45, 2.75) is 6.92 Å². The van der Waals surface area contributed by atoms with Gasteiger partial charge in [-0.15, -0.1) is 0 Å². The van der Waals surface area contributed by atoms with E-state index in [2.05, 4.69) is 11.4 Å². The Morgan fingerprint density at radius 2 is 1.69 bits per heavy atom. The summed E-state index contributed by atoms with van der Waals surface area (Å²) < 4.78 is 6.91. The summed E-state index contributed by atoms with van der Waals surface area (Å²) in [7, 11) is 1.60. The van der Waals surface area contributed by atoms with Gasteiger partial charge in [0.25, 0.3) is 5.91 Å². The number of carbonyl (C=O) groups is 1. The first-order chi connectivity index (χ1) is 14.1. The standard InChI is InChI=1S/C24H21N3O2/c1-17-7-6-8-19(15-17)22-16-23(27(26-22)20-9-4-3-5-10-20)25-24(28)18-11-13-21(29-2)14-12-18/h3-16H,1-2H3,(H,25,28). The number of methoxy groups -OCH3 is 1. The first kappa shape index (κ1) is 18.5. The SMILES string of the molecule is COc1ccc(C(=O)Nc2cc(-c3cccc(C)c3)nn2-c2ccccc2)cc1. The van der Waals surface area contributed by atoms with Crippen LogP contribution in [0, 0.1) is 6.92 Å². The zero-order valence-corrected chi connectivity index (χ0v) is 16.3. The third-order valence-corrected chi connectivity index (χ3v) is 4.62. The monoisotopic (exact) mass is 383 g/mol. The van der Waals surface area contributed by atoms with Crippen molar-refractivity contribution in [3.63, 3.8) is 0 Å². The number of amides is 1. The topological polar surface area (TPSA) is 56.1 Å². The van der Waals surface area contributed by atoms with E-state index >= 15 is 0 Å². The predicted molar refractivity (Wildman–Crippen MR) is 115 cm³/mol. The van der Waals surface area contributed by atoms with Crippen molar-refractivity contribution in [2.75, 3.05) is 12.4 Å². The number of nitrogens with one attached hydrogen (secondary N) is 1. The summed E-state index contributed by atoms with van der Waals surface area (Å²) in [5, 5.41) is 7.74. The number of anilines is 1. The molecule has 0 saturated carbocycles. The van der Waals surface area contributed by atoms with Crippen LogP contribution in [-0.2, 0) is 0 Å². The van der Waals surface area contributed by atoms with Gasteiger partial charge in [-0.1, -0.05) is 42.0 Å². The zero-order chi connectivity index (χ0) is 20.2. The fourth-order valence-corrected chi connectivity index (χ4v) is 3.11. The van der Waals surface area contributed by atoms with Crippen LogP contribution in [0.15, 0.2) is 84.9 Å². The van der Waals surface area contributed by atoms with E-state index in [1.165, 1.54) is 0 Å². The fraction of sp³-hybridized carbons (Fsp3) is 0.0833. The largest absolute Gasteiger partial charge is 0.497 e. The van der Waals surface area contributed by atoms with Crippen LogP contribution in [0.4, 0.5) is 5.82 Å². The number of rotatable bonds is 5. The van der Waals surface area contributed by atoms with Crippen molar-refractivity contribution >= 4 is 11.7 Å². The smallest absolute Gasteiger partial charge is 0.256 e. The van der Waals surface area contributed by atoms with Gasteiger partial charge < -0.3 is 10.1 Å². The van der Waals surface area contributed by atoms with Crippen LogP contribution in [-0.4, -0.2) is 22.8 Å². The normalized spacial score (nSPS) is 10.6. The van der Waals surface area contributed by atoms with Crippen molar-refractivity contribution in [3.8, 4) is 22.7 Å². The molecule has 29 heavy (non-hydrogen) atoms. The Labute approximate surface area is 169 Å². The lowest BCUT2D eigenvalue weighted by molar-refractivity contribution is 0.102. The Hall–Kier alpha value is -3.86. The van der Waals surface area contributed by atoms with E-state index in [1.54, 1.807) is 36.1 Å². The average Bonchev–Trinajstić information content (AvgIpc) is 3.18.